The summed E-state index contributed by atoms with van der Waals surface area (Å²) in [5.74, 6) is -1.60. The maximum atomic E-state index is 13.6. The van der Waals surface area contributed by atoms with Crippen LogP contribution < -0.4 is 16.0 Å². The number of hydrogen-bond donors (Lipinski definition) is 3. The largest absolute Gasteiger partial charge is 0.326 e. The molecule has 5 rings (SSSR count). The first-order valence-corrected chi connectivity index (χ1v) is 16.3. The molecule has 0 saturated heterocycles. The Bertz CT molecular complexity index is 2010. The lowest BCUT2D eigenvalue weighted by Gasteiger charge is -2.19. The number of ketones is 2. The summed E-state index contributed by atoms with van der Waals surface area (Å²) in [5, 5.41) is 8.52. The van der Waals surface area contributed by atoms with Crippen molar-refractivity contribution in [3.63, 3.8) is 0 Å². The monoisotopic (exact) mass is 675 g/mol. The lowest BCUT2D eigenvalue weighted by atomic mass is 9.95. The molecule has 0 fully saturated rings. The summed E-state index contributed by atoms with van der Waals surface area (Å²) in [6, 6.07) is 36.3. The van der Waals surface area contributed by atoms with E-state index in [1.807, 2.05) is 24.3 Å². The Kier molecular flexibility index (Phi) is 11.3. The van der Waals surface area contributed by atoms with E-state index in [4.69, 9.17) is 0 Å². The fourth-order valence-corrected chi connectivity index (χ4v) is 4.87. The van der Waals surface area contributed by atoms with Gasteiger partial charge in [0.05, 0.1) is 0 Å². The standard InChI is InChI=1S/C43H37N3O5/c1-43(2,3)42(51)46-37-27-33(40(49)44-35-18-10-12-29(24-35)20-22-38(47)31-14-6-4-7-15-31)26-34(28-37)41(50)45-36-19-11-13-30(25-36)21-23-39(48)32-16-8-5-9-17-32/h4-28H,1-3H3,(H,44,49)(H,45,50)(H,46,51)/b22-20-,23-21-. The van der Waals surface area contributed by atoms with Gasteiger partial charge in [-0.1, -0.05) is 118 Å². The Labute approximate surface area is 296 Å². The third-order valence-electron chi connectivity index (χ3n) is 7.66. The van der Waals surface area contributed by atoms with Gasteiger partial charge in [-0.25, -0.2) is 0 Å². The molecule has 0 aromatic heterocycles. The second kappa shape index (κ2) is 16.2. The fourth-order valence-electron chi connectivity index (χ4n) is 4.87. The van der Waals surface area contributed by atoms with Crippen LogP contribution in [0.2, 0.25) is 0 Å². The van der Waals surface area contributed by atoms with Gasteiger partial charge in [-0.3, -0.25) is 24.0 Å². The molecule has 0 atom stereocenters. The number of carbonyl (C=O) groups is 5. The van der Waals surface area contributed by atoms with Crippen molar-refractivity contribution in [3.8, 4) is 0 Å². The third kappa shape index (κ3) is 10.2. The molecule has 0 aliphatic carbocycles. The topological polar surface area (TPSA) is 121 Å². The Balaban J connectivity index is 1.35. The Morgan fingerprint density at radius 2 is 0.882 bits per heavy atom. The fraction of sp³-hybridized carbons (Fsp3) is 0.0930. The minimum Gasteiger partial charge on any atom is -0.326 e. The summed E-state index contributed by atoms with van der Waals surface area (Å²) in [7, 11) is 0. The average molecular weight is 676 g/mol. The minimum absolute atomic E-state index is 0.142. The third-order valence-corrected chi connectivity index (χ3v) is 7.66. The normalized spacial score (nSPS) is 11.3. The molecule has 0 aliphatic heterocycles. The molecule has 8 heteroatoms. The van der Waals surface area contributed by atoms with Crippen LogP contribution >= 0.6 is 0 Å². The molecule has 0 radical (unpaired) electrons. The Hall–Kier alpha value is -6.67. The highest BCUT2D eigenvalue weighted by Crippen LogP contribution is 2.23. The molecule has 51 heavy (non-hydrogen) atoms. The zero-order valence-electron chi connectivity index (χ0n) is 28.5. The Morgan fingerprint density at radius 3 is 1.29 bits per heavy atom. The maximum absolute atomic E-state index is 13.6. The van der Waals surface area contributed by atoms with Crippen LogP contribution in [0.4, 0.5) is 17.1 Å². The molecular weight excluding hydrogens is 638 g/mol. The van der Waals surface area contributed by atoms with Crippen molar-refractivity contribution in [2.75, 3.05) is 16.0 Å². The number of nitrogens with one attached hydrogen (secondary N) is 3. The van der Waals surface area contributed by atoms with Crippen molar-refractivity contribution in [1.82, 2.24) is 0 Å². The molecular formula is C43H37N3O5. The highest BCUT2D eigenvalue weighted by Gasteiger charge is 2.23. The highest BCUT2D eigenvalue weighted by molar-refractivity contribution is 6.11. The van der Waals surface area contributed by atoms with E-state index in [0.29, 0.717) is 33.6 Å². The van der Waals surface area contributed by atoms with Gasteiger partial charge in [0, 0.05) is 44.7 Å². The van der Waals surface area contributed by atoms with Gasteiger partial charge < -0.3 is 16.0 Å². The van der Waals surface area contributed by atoms with Crippen molar-refractivity contribution in [1.29, 1.82) is 0 Å². The molecule has 0 aliphatic rings. The first-order valence-electron chi connectivity index (χ1n) is 16.3. The summed E-state index contributed by atoms with van der Waals surface area (Å²) >= 11 is 0. The number of benzene rings is 5. The van der Waals surface area contributed by atoms with E-state index in [0.717, 1.165) is 0 Å². The minimum atomic E-state index is -0.730. The average Bonchev–Trinajstić information content (AvgIpc) is 3.13. The number of rotatable bonds is 11. The summed E-state index contributed by atoms with van der Waals surface area (Å²) < 4.78 is 0. The molecule has 3 N–H and O–H groups in total. The van der Waals surface area contributed by atoms with Crippen molar-refractivity contribution >= 4 is 58.5 Å². The van der Waals surface area contributed by atoms with Gasteiger partial charge in [-0.2, -0.15) is 0 Å². The van der Waals surface area contributed by atoms with Gasteiger partial charge in [-0.05, 0) is 65.7 Å². The van der Waals surface area contributed by atoms with Gasteiger partial charge in [0.25, 0.3) is 11.8 Å². The van der Waals surface area contributed by atoms with Gasteiger partial charge in [0.15, 0.2) is 11.6 Å². The lowest BCUT2D eigenvalue weighted by Crippen LogP contribution is -2.28. The van der Waals surface area contributed by atoms with E-state index >= 15 is 0 Å². The van der Waals surface area contributed by atoms with Crippen LogP contribution in [-0.2, 0) is 4.79 Å². The number of amides is 3. The number of anilines is 3. The van der Waals surface area contributed by atoms with E-state index in [2.05, 4.69) is 16.0 Å². The quantitative estimate of drug-likeness (QED) is 0.0953. The molecule has 0 heterocycles. The van der Waals surface area contributed by atoms with Crippen LogP contribution in [0.15, 0.2) is 140 Å². The molecule has 254 valence electrons. The highest BCUT2D eigenvalue weighted by atomic mass is 16.2. The van der Waals surface area contributed by atoms with Gasteiger partial charge in [-0.15, -0.1) is 0 Å². The lowest BCUT2D eigenvalue weighted by molar-refractivity contribution is -0.123. The van der Waals surface area contributed by atoms with Crippen LogP contribution in [0.1, 0.15) is 73.3 Å². The zero-order valence-corrected chi connectivity index (χ0v) is 28.5. The SMILES string of the molecule is CC(C)(C)C(=O)Nc1cc(C(=O)Nc2cccc(/C=C\C(=O)c3ccccc3)c2)cc(C(=O)Nc2cccc(/C=C\C(=O)c3ccccc3)c2)c1. The molecule has 3 amide bonds. The molecule has 0 bridgehead atoms. The first kappa shape index (κ1) is 35.6. The molecule has 0 spiro atoms. The summed E-state index contributed by atoms with van der Waals surface area (Å²) in [6.45, 7) is 5.28. The molecule has 0 saturated carbocycles. The van der Waals surface area contributed by atoms with Crippen molar-refractivity contribution in [3.05, 3.63) is 173 Å². The van der Waals surface area contributed by atoms with Crippen LogP contribution in [0.3, 0.4) is 0 Å². The van der Waals surface area contributed by atoms with Crippen LogP contribution in [-0.4, -0.2) is 29.3 Å². The molecule has 0 unspecified atom stereocenters. The number of carbonyl (C=O) groups excluding carboxylic acids is 5. The van der Waals surface area contributed by atoms with E-state index in [1.54, 1.807) is 118 Å². The predicted molar refractivity (Wildman–Crippen MR) is 203 cm³/mol. The number of hydrogen-bond acceptors (Lipinski definition) is 5. The van der Waals surface area contributed by atoms with Gasteiger partial charge in [0.2, 0.25) is 5.91 Å². The van der Waals surface area contributed by atoms with Crippen LogP contribution in [0.5, 0.6) is 0 Å². The van der Waals surface area contributed by atoms with E-state index in [1.165, 1.54) is 30.4 Å². The van der Waals surface area contributed by atoms with Crippen LogP contribution in [0.25, 0.3) is 12.2 Å². The van der Waals surface area contributed by atoms with Crippen molar-refractivity contribution in [2.45, 2.75) is 20.8 Å². The molecule has 8 nitrogen and oxygen atoms in total. The van der Waals surface area contributed by atoms with Crippen LogP contribution in [0, 0.1) is 5.41 Å². The summed E-state index contributed by atoms with van der Waals surface area (Å²) in [5.41, 5.74) is 3.31. The number of allylic oxidation sites excluding steroid dienone is 2. The first-order chi connectivity index (χ1) is 24.4. The second-order valence-corrected chi connectivity index (χ2v) is 12.8. The van der Waals surface area contributed by atoms with E-state index in [-0.39, 0.29) is 34.3 Å². The van der Waals surface area contributed by atoms with Gasteiger partial charge in [0.1, 0.15) is 0 Å². The smallest absolute Gasteiger partial charge is 0.255 e. The Morgan fingerprint density at radius 1 is 0.451 bits per heavy atom. The van der Waals surface area contributed by atoms with E-state index < -0.39 is 17.2 Å². The summed E-state index contributed by atoms with van der Waals surface area (Å²) in [4.78, 5) is 65.0. The predicted octanol–water partition coefficient (Wildman–Crippen LogP) is 8.97. The van der Waals surface area contributed by atoms with E-state index in [9.17, 15) is 24.0 Å². The molecule has 5 aromatic carbocycles. The summed E-state index contributed by atoms with van der Waals surface area (Å²) in [6.07, 6.45) is 6.28. The maximum Gasteiger partial charge on any atom is 0.255 e. The van der Waals surface area contributed by atoms with Gasteiger partial charge >= 0.3 is 0 Å². The van der Waals surface area contributed by atoms with Crippen molar-refractivity contribution in [2.24, 2.45) is 5.41 Å². The second-order valence-electron chi connectivity index (χ2n) is 12.8. The zero-order chi connectivity index (χ0) is 36.4. The molecule has 5 aromatic rings. The van der Waals surface area contributed by atoms with Crippen molar-refractivity contribution < 1.29 is 24.0 Å².